The van der Waals surface area contributed by atoms with Crippen LogP contribution in [0, 0.1) is 11.5 Å². The molecule has 0 radical (unpaired) electrons. The molecule has 80 valence electrons. The first kappa shape index (κ1) is 12.8. The second-order valence-corrected chi connectivity index (χ2v) is 10.4. The van der Waals surface area contributed by atoms with E-state index in [0.717, 1.165) is 0 Å². The molecule has 0 fully saturated rings. The first-order valence-corrected chi connectivity index (χ1v) is 9.46. The van der Waals surface area contributed by atoms with E-state index < -0.39 is 8.07 Å². The molecule has 0 aliphatic rings. The molecule has 1 N–H and O–H groups in total. The molecular weight excluding hydrogens is 338 g/mol. The molecule has 0 bridgehead atoms. The van der Waals surface area contributed by atoms with E-state index in [1.54, 1.807) is 6.07 Å². The third-order valence-corrected chi connectivity index (χ3v) is 3.33. The number of hydrogen-bond donors (Lipinski definition) is 1. The average molecular weight is 349 g/mol. The van der Waals surface area contributed by atoms with E-state index in [0.29, 0.717) is 14.8 Å². The van der Waals surface area contributed by atoms with Crippen LogP contribution in [0.3, 0.4) is 0 Å². The largest absolute Gasteiger partial charge is 0.504 e. The van der Waals surface area contributed by atoms with Crippen LogP contribution in [-0.2, 0) is 0 Å². The first-order chi connectivity index (χ1) is 6.79. The third kappa shape index (κ3) is 3.97. The lowest BCUT2D eigenvalue weighted by Gasteiger charge is -2.04. The summed E-state index contributed by atoms with van der Waals surface area (Å²) in [5.41, 5.74) is 3.80. The smallest absolute Gasteiger partial charge is 0.164 e. The summed E-state index contributed by atoms with van der Waals surface area (Å²) in [5, 5.41) is 9.70. The van der Waals surface area contributed by atoms with E-state index in [-0.39, 0.29) is 5.75 Å². The van der Waals surface area contributed by atoms with Crippen molar-refractivity contribution < 1.29 is 5.11 Å². The summed E-state index contributed by atoms with van der Waals surface area (Å²) in [7, 11) is -1.42. The van der Waals surface area contributed by atoms with E-state index in [9.17, 15) is 5.11 Å². The van der Waals surface area contributed by atoms with Crippen molar-refractivity contribution in [2.45, 2.75) is 19.6 Å². The first-order valence-electron chi connectivity index (χ1n) is 4.38. The highest BCUT2D eigenvalue weighted by atomic mass is 79.9. The zero-order valence-electron chi connectivity index (χ0n) is 8.73. The van der Waals surface area contributed by atoms with Gasteiger partial charge in [0.05, 0.1) is 5.56 Å². The van der Waals surface area contributed by atoms with Gasteiger partial charge in [0.25, 0.3) is 0 Å². The molecule has 1 aromatic rings. The van der Waals surface area contributed by atoms with Crippen LogP contribution >= 0.6 is 31.9 Å². The van der Waals surface area contributed by atoms with Crippen LogP contribution in [0.4, 0.5) is 0 Å². The normalized spacial score (nSPS) is 10.7. The summed E-state index contributed by atoms with van der Waals surface area (Å²) >= 11 is 6.43. The van der Waals surface area contributed by atoms with Gasteiger partial charge in [0.15, 0.2) is 5.75 Å². The molecule has 1 rings (SSSR count). The molecule has 0 aliphatic carbocycles. The Balaban J connectivity index is 3.20. The minimum Gasteiger partial charge on any atom is -0.504 e. The minimum atomic E-state index is -1.42. The van der Waals surface area contributed by atoms with Crippen LogP contribution in [0.2, 0.25) is 19.6 Å². The van der Waals surface area contributed by atoms with Crippen LogP contribution in [-0.4, -0.2) is 18.2 Å². The number of halogens is 2. The second-order valence-electron chi connectivity index (χ2n) is 4.13. The monoisotopic (exact) mass is 347 g/mol. The van der Waals surface area contributed by atoms with Crippen LogP contribution < -0.4 is 0 Å². The summed E-state index contributed by atoms with van der Waals surface area (Å²) in [6.07, 6.45) is 0. The van der Waals surface area contributed by atoms with E-state index in [1.807, 2.05) is 0 Å². The summed E-state index contributed by atoms with van der Waals surface area (Å²) < 4.78 is 1.07. The average Bonchev–Trinajstić information content (AvgIpc) is 2.07. The van der Waals surface area contributed by atoms with Crippen LogP contribution in [0.5, 0.6) is 5.75 Å². The number of rotatable bonds is 0. The summed E-state index contributed by atoms with van der Waals surface area (Å²) in [6, 6.07) is 1.72. The van der Waals surface area contributed by atoms with Gasteiger partial charge in [-0.25, -0.2) is 4.98 Å². The fourth-order valence-electron chi connectivity index (χ4n) is 0.828. The molecule has 0 unspecified atom stereocenters. The minimum absolute atomic E-state index is 0.101. The van der Waals surface area contributed by atoms with Crippen molar-refractivity contribution in [3.63, 3.8) is 0 Å². The molecule has 5 heteroatoms. The third-order valence-electron chi connectivity index (χ3n) is 1.49. The highest BCUT2D eigenvalue weighted by Gasteiger charge is 2.10. The molecule has 0 aliphatic heterocycles. The van der Waals surface area contributed by atoms with Crippen LogP contribution in [0.15, 0.2) is 15.3 Å². The zero-order chi connectivity index (χ0) is 11.6. The number of aromatic hydroxyl groups is 1. The summed E-state index contributed by atoms with van der Waals surface area (Å²) in [4.78, 5) is 4.01. The van der Waals surface area contributed by atoms with Crippen molar-refractivity contribution in [1.82, 2.24) is 4.98 Å². The van der Waals surface area contributed by atoms with Gasteiger partial charge in [-0.15, -0.1) is 5.54 Å². The molecule has 0 atom stereocenters. The van der Waals surface area contributed by atoms with E-state index in [4.69, 9.17) is 0 Å². The molecule has 1 aromatic heterocycles. The van der Waals surface area contributed by atoms with E-state index in [1.165, 1.54) is 0 Å². The fraction of sp³-hybridized carbons (Fsp3) is 0.300. The lowest BCUT2D eigenvalue weighted by Crippen LogP contribution is -2.16. The molecule has 0 saturated carbocycles. The Morgan fingerprint density at radius 1 is 1.33 bits per heavy atom. The highest BCUT2D eigenvalue weighted by molar-refractivity contribution is 9.11. The standard InChI is InChI=1S/C10H11Br2NOSi/c1-15(2,3)5-4-7-6-8(11)13-10(12)9(7)14/h6,14H,1-3H3. The lowest BCUT2D eigenvalue weighted by atomic mass is 10.3. The Hall–Kier alpha value is -0.313. The van der Waals surface area contributed by atoms with Gasteiger partial charge < -0.3 is 5.11 Å². The van der Waals surface area contributed by atoms with Gasteiger partial charge in [0.2, 0.25) is 0 Å². The summed E-state index contributed by atoms with van der Waals surface area (Å²) in [6.45, 7) is 6.47. The number of aromatic nitrogens is 1. The fourth-order valence-corrected chi connectivity index (χ4v) is 2.39. The van der Waals surface area contributed by atoms with Gasteiger partial charge in [0, 0.05) is 0 Å². The van der Waals surface area contributed by atoms with Crippen molar-refractivity contribution in [1.29, 1.82) is 0 Å². The van der Waals surface area contributed by atoms with Gasteiger partial charge in [-0.2, -0.15) is 0 Å². The Kier molecular flexibility index (Phi) is 3.98. The Morgan fingerprint density at radius 2 is 1.93 bits per heavy atom. The maximum Gasteiger partial charge on any atom is 0.164 e. The van der Waals surface area contributed by atoms with Gasteiger partial charge >= 0.3 is 0 Å². The molecule has 15 heavy (non-hydrogen) atoms. The zero-order valence-corrected chi connectivity index (χ0v) is 12.9. The Morgan fingerprint density at radius 3 is 2.47 bits per heavy atom. The molecule has 1 heterocycles. The number of hydrogen-bond acceptors (Lipinski definition) is 2. The summed E-state index contributed by atoms with van der Waals surface area (Å²) in [5.74, 6) is 3.10. The van der Waals surface area contributed by atoms with Crippen LogP contribution in [0.25, 0.3) is 0 Å². The predicted octanol–water partition coefficient (Wildman–Crippen LogP) is 3.54. The van der Waals surface area contributed by atoms with Crippen molar-refractivity contribution in [3.8, 4) is 17.2 Å². The van der Waals surface area contributed by atoms with Gasteiger partial charge in [-0.05, 0) is 37.9 Å². The molecule has 0 saturated heterocycles. The predicted molar refractivity (Wildman–Crippen MR) is 71.5 cm³/mol. The molecule has 0 spiro atoms. The van der Waals surface area contributed by atoms with Gasteiger partial charge in [-0.3, -0.25) is 0 Å². The Bertz CT molecular complexity index is 443. The SMILES string of the molecule is C[Si](C)(C)C#Cc1cc(Br)nc(Br)c1O. The van der Waals surface area contributed by atoms with Crippen molar-refractivity contribution in [2.75, 3.05) is 0 Å². The van der Waals surface area contributed by atoms with E-state index in [2.05, 4.69) is 67.9 Å². The van der Waals surface area contributed by atoms with E-state index >= 15 is 0 Å². The maximum atomic E-state index is 9.70. The number of pyridine rings is 1. The molecular formula is C10H11Br2NOSi. The lowest BCUT2D eigenvalue weighted by molar-refractivity contribution is 0.466. The topological polar surface area (TPSA) is 33.1 Å². The van der Waals surface area contributed by atoms with Gasteiger partial charge in [-0.1, -0.05) is 25.6 Å². The molecule has 2 nitrogen and oxygen atoms in total. The van der Waals surface area contributed by atoms with Crippen molar-refractivity contribution >= 4 is 39.9 Å². The van der Waals surface area contributed by atoms with Crippen molar-refractivity contribution in [3.05, 3.63) is 20.8 Å². The second kappa shape index (κ2) is 4.68. The Labute approximate surface area is 107 Å². The highest BCUT2D eigenvalue weighted by Crippen LogP contribution is 2.27. The van der Waals surface area contributed by atoms with Crippen molar-refractivity contribution in [2.24, 2.45) is 0 Å². The van der Waals surface area contributed by atoms with Gasteiger partial charge in [0.1, 0.15) is 17.3 Å². The quantitative estimate of drug-likeness (QED) is 0.442. The maximum absolute atomic E-state index is 9.70. The van der Waals surface area contributed by atoms with Crippen LogP contribution in [0.1, 0.15) is 5.56 Å². The molecule has 0 aromatic carbocycles. The number of nitrogens with zero attached hydrogens (tertiary/aromatic N) is 1. The molecule has 0 amide bonds.